The van der Waals surface area contributed by atoms with E-state index in [0.29, 0.717) is 6.54 Å². The third-order valence-electron chi connectivity index (χ3n) is 3.53. The van der Waals surface area contributed by atoms with Crippen molar-refractivity contribution in [3.8, 4) is 0 Å². The normalized spacial score (nSPS) is 11.0. The predicted molar refractivity (Wildman–Crippen MR) is 81.9 cm³/mol. The number of nitrogens with zero attached hydrogens (tertiary/aromatic N) is 1. The number of hydrogen-bond donors (Lipinski definition) is 1. The van der Waals surface area contributed by atoms with Crippen LogP contribution in [0.15, 0.2) is 40.8 Å². The third-order valence-corrected chi connectivity index (χ3v) is 3.53. The second kappa shape index (κ2) is 5.56. The number of aromatic nitrogens is 1. The summed E-state index contributed by atoms with van der Waals surface area (Å²) in [6.45, 7) is 4.56. The lowest BCUT2D eigenvalue weighted by molar-refractivity contribution is 0.538. The molecule has 108 valence electrons. The zero-order valence-corrected chi connectivity index (χ0v) is 12.1. The van der Waals surface area contributed by atoms with Gasteiger partial charge in [0.15, 0.2) is 11.5 Å². The van der Waals surface area contributed by atoms with Gasteiger partial charge in [0.2, 0.25) is 0 Å². The molecule has 0 spiro atoms. The van der Waals surface area contributed by atoms with E-state index >= 15 is 0 Å². The quantitative estimate of drug-likeness (QED) is 0.769. The van der Waals surface area contributed by atoms with Gasteiger partial charge in [0.05, 0.1) is 0 Å². The van der Waals surface area contributed by atoms with E-state index in [-0.39, 0.29) is 5.82 Å². The Labute approximate surface area is 122 Å². The van der Waals surface area contributed by atoms with Crippen LogP contribution in [0, 0.1) is 12.7 Å². The zero-order valence-electron chi connectivity index (χ0n) is 12.1. The Morgan fingerprint density at radius 3 is 2.86 bits per heavy atom. The summed E-state index contributed by atoms with van der Waals surface area (Å²) in [6, 6.07) is 10.6. The van der Waals surface area contributed by atoms with E-state index < -0.39 is 0 Å². The maximum absolute atomic E-state index is 13.3. The molecule has 21 heavy (non-hydrogen) atoms. The van der Waals surface area contributed by atoms with Crippen LogP contribution < -0.4 is 5.32 Å². The molecule has 3 aromatic rings. The molecular weight excluding hydrogens is 267 g/mol. The molecule has 1 aromatic heterocycles. The lowest BCUT2D eigenvalue weighted by Gasteiger charge is -2.09. The van der Waals surface area contributed by atoms with Crippen LogP contribution >= 0.6 is 0 Å². The van der Waals surface area contributed by atoms with Crippen molar-refractivity contribution in [3.63, 3.8) is 0 Å². The standard InChI is InChI=1S/C17H17FN2O/c1-3-17-20-15-9-14(6-7-16(15)21-17)19-10-12-8-13(18)5-4-11(12)2/h4-9,19H,3,10H2,1-2H3. The topological polar surface area (TPSA) is 38.1 Å². The molecule has 0 aliphatic carbocycles. The molecule has 3 nitrogen and oxygen atoms in total. The molecular formula is C17H17FN2O. The summed E-state index contributed by atoms with van der Waals surface area (Å²) in [7, 11) is 0. The Bertz CT molecular complexity index is 780. The molecule has 1 heterocycles. The molecule has 0 saturated carbocycles. The number of fused-ring (bicyclic) bond motifs is 1. The Morgan fingerprint density at radius 2 is 2.05 bits per heavy atom. The Hall–Kier alpha value is -2.36. The van der Waals surface area contributed by atoms with E-state index in [4.69, 9.17) is 4.42 Å². The molecule has 1 N–H and O–H groups in total. The molecule has 0 amide bonds. The van der Waals surface area contributed by atoms with E-state index in [0.717, 1.165) is 40.2 Å². The first kappa shape index (κ1) is 13.6. The van der Waals surface area contributed by atoms with E-state index in [1.54, 1.807) is 12.1 Å². The lowest BCUT2D eigenvalue weighted by atomic mass is 10.1. The van der Waals surface area contributed by atoms with Gasteiger partial charge in [-0.2, -0.15) is 0 Å². The van der Waals surface area contributed by atoms with Crippen molar-refractivity contribution in [2.45, 2.75) is 26.8 Å². The minimum absolute atomic E-state index is 0.211. The number of halogens is 1. The number of hydrogen-bond acceptors (Lipinski definition) is 3. The molecule has 4 heteroatoms. The summed E-state index contributed by atoms with van der Waals surface area (Å²) in [5, 5.41) is 3.30. The van der Waals surface area contributed by atoms with Crippen LogP contribution in [0.4, 0.5) is 10.1 Å². The van der Waals surface area contributed by atoms with Crippen LogP contribution in [-0.4, -0.2) is 4.98 Å². The van der Waals surface area contributed by atoms with Crippen LogP contribution in [0.2, 0.25) is 0 Å². The fourth-order valence-electron chi connectivity index (χ4n) is 2.26. The molecule has 2 aromatic carbocycles. The van der Waals surface area contributed by atoms with Gasteiger partial charge < -0.3 is 9.73 Å². The van der Waals surface area contributed by atoms with E-state index in [1.165, 1.54) is 6.07 Å². The Balaban J connectivity index is 1.80. The summed E-state index contributed by atoms with van der Waals surface area (Å²) in [5.41, 5.74) is 4.60. The maximum atomic E-state index is 13.3. The van der Waals surface area contributed by atoms with Gasteiger partial charge in [-0.1, -0.05) is 13.0 Å². The average Bonchev–Trinajstić information content (AvgIpc) is 2.90. The molecule has 0 saturated heterocycles. The van der Waals surface area contributed by atoms with Crippen LogP contribution in [-0.2, 0) is 13.0 Å². The molecule has 0 atom stereocenters. The first-order valence-electron chi connectivity index (χ1n) is 7.04. The second-order valence-electron chi connectivity index (χ2n) is 5.07. The first-order chi connectivity index (χ1) is 10.2. The molecule has 0 radical (unpaired) electrons. The Kier molecular flexibility index (Phi) is 3.60. The monoisotopic (exact) mass is 284 g/mol. The van der Waals surface area contributed by atoms with Crippen molar-refractivity contribution in [2.24, 2.45) is 0 Å². The molecule has 0 aliphatic rings. The van der Waals surface area contributed by atoms with E-state index in [9.17, 15) is 4.39 Å². The van der Waals surface area contributed by atoms with Crippen molar-refractivity contribution < 1.29 is 8.81 Å². The fourth-order valence-corrected chi connectivity index (χ4v) is 2.26. The molecule has 0 unspecified atom stereocenters. The first-order valence-corrected chi connectivity index (χ1v) is 7.04. The van der Waals surface area contributed by atoms with Gasteiger partial charge in [0.1, 0.15) is 11.3 Å². The highest BCUT2D eigenvalue weighted by Gasteiger charge is 2.05. The van der Waals surface area contributed by atoms with Crippen LogP contribution in [0.5, 0.6) is 0 Å². The molecule has 0 fully saturated rings. The lowest BCUT2D eigenvalue weighted by Crippen LogP contribution is -2.01. The average molecular weight is 284 g/mol. The summed E-state index contributed by atoms with van der Waals surface area (Å²) in [5.74, 6) is 0.528. The summed E-state index contributed by atoms with van der Waals surface area (Å²) >= 11 is 0. The van der Waals surface area contributed by atoms with Crippen molar-refractivity contribution in [3.05, 3.63) is 59.2 Å². The highest BCUT2D eigenvalue weighted by Crippen LogP contribution is 2.21. The van der Waals surface area contributed by atoms with E-state index in [1.807, 2.05) is 32.0 Å². The number of aryl methyl sites for hydroxylation is 2. The van der Waals surface area contributed by atoms with Gasteiger partial charge in [-0.05, 0) is 48.4 Å². The smallest absolute Gasteiger partial charge is 0.195 e. The zero-order chi connectivity index (χ0) is 14.8. The molecule has 3 rings (SSSR count). The van der Waals surface area contributed by atoms with Crippen molar-refractivity contribution in [2.75, 3.05) is 5.32 Å². The molecule has 0 bridgehead atoms. The van der Waals surface area contributed by atoms with Gasteiger partial charge >= 0.3 is 0 Å². The number of anilines is 1. The molecule has 0 aliphatic heterocycles. The second-order valence-corrected chi connectivity index (χ2v) is 5.07. The number of nitrogens with one attached hydrogen (secondary N) is 1. The van der Waals surface area contributed by atoms with Gasteiger partial charge in [0, 0.05) is 18.7 Å². The van der Waals surface area contributed by atoms with Gasteiger partial charge in [-0.15, -0.1) is 0 Å². The highest BCUT2D eigenvalue weighted by atomic mass is 19.1. The van der Waals surface area contributed by atoms with Gasteiger partial charge in [-0.25, -0.2) is 9.37 Å². The number of benzene rings is 2. The fraction of sp³-hybridized carbons (Fsp3) is 0.235. The summed E-state index contributed by atoms with van der Waals surface area (Å²) < 4.78 is 18.9. The predicted octanol–water partition coefficient (Wildman–Crippen LogP) is 4.45. The van der Waals surface area contributed by atoms with Crippen LogP contribution in [0.1, 0.15) is 23.9 Å². The SMILES string of the molecule is CCc1nc2cc(NCc3cc(F)ccc3C)ccc2o1. The van der Waals surface area contributed by atoms with Crippen molar-refractivity contribution in [1.82, 2.24) is 4.98 Å². The maximum Gasteiger partial charge on any atom is 0.195 e. The van der Waals surface area contributed by atoms with Crippen molar-refractivity contribution in [1.29, 1.82) is 0 Å². The van der Waals surface area contributed by atoms with E-state index in [2.05, 4.69) is 10.3 Å². The Morgan fingerprint density at radius 1 is 1.19 bits per heavy atom. The van der Waals surface area contributed by atoms with Crippen LogP contribution in [0.25, 0.3) is 11.1 Å². The number of oxazole rings is 1. The van der Waals surface area contributed by atoms with Crippen molar-refractivity contribution >= 4 is 16.8 Å². The minimum atomic E-state index is -0.211. The highest BCUT2D eigenvalue weighted by molar-refractivity contribution is 5.77. The largest absolute Gasteiger partial charge is 0.441 e. The summed E-state index contributed by atoms with van der Waals surface area (Å²) in [4.78, 5) is 4.41. The summed E-state index contributed by atoms with van der Waals surface area (Å²) in [6.07, 6.45) is 0.778. The minimum Gasteiger partial charge on any atom is -0.441 e. The van der Waals surface area contributed by atoms with Gasteiger partial charge in [-0.3, -0.25) is 0 Å². The van der Waals surface area contributed by atoms with Crippen LogP contribution in [0.3, 0.4) is 0 Å². The third kappa shape index (κ3) is 2.89. The number of rotatable bonds is 4. The van der Waals surface area contributed by atoms with Gasteiger partial charge in [0.25, 0.3) is 0 Å².